The van der Waals surface area contributed by atoms with E-state index in [1.807, 2.05) is 24.3 Å². The van der Waals surface area contributed by atoms with Gasteiger partial charge >= 0.3 is 30.3 Å². The molecule has 21 nitrogen and oxygen atoms in total. The van der Waals surface area contributed by atoms with Crippen molar-refractivity contribution >= 4 is 53.8 Å². The minimum atomic E-state index is -1.32. The number of rotatable bonds is 27. The Balaban J connectivity index is 1.36. The second-order valence-corrected chi connectivity index (χ2v) is 15.8. The molecule has 384 valence electrons. The maximum absolute atomic E-state index is 14.6. The summed E-state index contributed by atoms with van der Waals surface area (Å²) in [5.41, 5.74) is 2.68. The van der Waals surface area contributed by atoms with Crippen molar-refractivity contribution in [1.82, 2.24) is 31.1 Å². The molecule has 0 aliphatic carbocycles. The Kier molecular flexibility index (Phi) is 23.0. The van der Waals surface area contributed by atoms with Crippen LogP contribution in [-0.2, 0) is 59.7 Å². The number of carbonyl (C=O) groups excluding carboxylic acids is 7. The van der Waals surface area contributed by atoms with Crippen LogP contribution >= 0.6 is 0 Å². The molecule has 21 heteroatoms. The zero-order valence-corrected chi connectivity index (χ0v) is 39.8. The van der Waals surface area contributed by atoms with Crippen LogP contribution < -0.4 is 26.6 Å². The van der Waals surface area contributed by atoms with E-state index >= 15 is 0 Å². The van der Waals surface area contributed by atoms with Gasteiger partial charge in [0, 0.05) is 69.2 Å². The van der Waals surface area contributed by atoms with E-state index in [4.69, 9.17) is 28.8 Å². The van der Waals surface area contributed by atoms with Gasteiger partial charge < -0.3 is 65.2 Å². The van der Waals surface area contributed by atoms with Crippen LogP contribution in [0.2, 0.25) is 0 Å². The Hall–Kier alpha value is -8.98. The summed E-state index contributed by atoms with van der Waals surface area (Å²) >= 11 is 0. The van der Waals surface area contributed by atoms with Gasteiger partial charge in [0.1, 0.15) is 39.6 Å². The predicted molar refractivity (Wildman–Crippen MR) is 264 cm³/mol. The van der Waals surface area contributed by atoms with Crippen LogP contribution in [0.5, 0.6) is 0 Å². The molecule has 73 heavy (non-hydrogen) atoms. The number of amides is 7. The van der Waals surface area contributed by atoms with Crippen molar-refractivity contribution in [2.45, 2.75) is 26.4 Å². The van der Waals surface area contributed by atoms with E-state index in [2.05, 4.69) is 26.6 Å². The molecular weight excluding hydrogens is 947 g/mol. The SMILES string of the molecule is O=C(O)COCC(=O)Nc1cc(C(=O)N(CCNC(=O)OCc2ccccc2)CCNC(=O)OCc2ccccc2)cc(C(=O)N(CCNC(=O)OCc2ccccc2)CCNC(=O)OCc2ccccc2)c1. The highest BCUT2D eigenvalue weighted by molar-refractivity contribution is 6.03. The van der Waals surface area contributed by atoms with Crippen LogP contribution in [0, 0.1) is 0 Å². The van der Waals surface area contributed by atoms with Gasteiger partial charge in [-0.15, -0.1) is 0 Å². The van der Waals surface area contributed by atoms with Gasteiger partial charge in [-0.25, -0.2) is 24.0 Å². The van der Waals surface area contributed by atoms with Gasteiger partial charge in [0.2, 0.25) is 5.91 Å². The Morgan fingerprint density at radius 3 is 1.00 bits per heavy atom. The Morgan fingerprint density at radius 2 is 0.712 bits per heavy atom. The zero-order valence-electron chi connectivity index (χ0n) is 39.8. The van der Waals surface area contributed by atoms with E-state index in [0.717, 1.165) is 22.3 Å². The lowest BCUT2D eigenvalue weighted by atomic mass is 10.1. The summed E-state index contributed by atoms with van der Waals surface area (Å²) in [6.45, 7) is -2.51. The molecule has 0 unspecified atom stereocenters. The number of benzene rings is 5. The molecule has 0 aromatic heterocycles. The van der Waals surface area contributed by atoms with E-state index in [9.17, 15) is 38.4 Å². The third-order valence-corrected chi connectivity index (χ3v) is 10.2. The van der Waals surface area contributed by atoms with Crippen molar-refractivity contribution in [1.29, 1.82) is 0 Å². The first-order chi connectivity index (χ1) is 35.4. The van der Waals surface area contributed by atoms with Crippen molar-refractivity contribution in [2.24, 2.45) is 0 Å². The average Bonchev–Trinajstić information content (AvgIpc) is 3.40. The minimum absolute atomic E-state index is 0.0131. The number of anilines is 1. The van der Waals surface area contributed by atoms with E-state index in [1.54, 1.807) is 97.1 Å². The molecule has 0 atom stereocenters. The van der Waals surface area contributed by atoms with Crippen molar-refractivity contribution in [3.8, 4) is 0 Å². The molecule has 5 aromatic rings. The van der Waals surface area contributed by atoms with Crippen LogP contribution in [-0.4, -0.2) is 129 Å². The first kappa shape index (κ1) is 55.0. The van der Waals surface area contributed by atoms with E-state index in [1.165, 1.54) is 28.0 Å². The van der Waals surface area contributed by atoms with Gasteiger partial charge in [0.15, 0.2) is 0 Å². The highest BCUT2D eigenvalue weighted by Crippen LogP contribution is 2.19. The largest absolute Gasteiger partial charge is 0.480 e. The fraction of sp³-hybridized carbons (Fsp3) is 0.269. The molecule has 6 N–H and O–H groups in total. The highest BCUT2D eigenvalue weighted by atomic mass is 16.6. The lowest BCUT2D eigenvalue weighted by molar-refractivity contribution is -0.143. The fourth-order valence-corrected chi connectivity index (χ4v) is 6.64. The Morgan fingerprint density at radius 1 is 0.411 bits per heavy atom. The quantitative estimate of drug-likeness (QED) is 0.0364. The van der Waals surface area contributed by atoms with Crippen molar-refractivity contribution in [3.05, 3.63) is 173 Å². The summed E-state index contributed by atoms with van der Waals surface area (Å²) in [7, 11) is 0. The summed E-state index contributed by atoms with van der Waals surface area (Å²) in [5.74, 6) is -3.54. The van der Waals surface area contributed by atoms with E-state index in [0.29, 0.717) is 0 Å². The maximum atomic E-state index is 14.6. The summed E-state index contributed by atoms with van der Waals surface area (Å²) in [4.78, 5) is 106. The molecule has 0 aliphatic heterocycles. The number of nitrogens with one attached hydrogen (secondary N) is 5. The van der Waals surface area contributed by atoms with E-state index in [-0.39, 0.29) is 95.6 Å². The van der Waals surface area contributed by atoms with Gasteiger partial charge in [0.25, 0.3) is 11.8 Å². The first-order valence-electron chi connectivity index (χ1n) is 23.0. The van der Waals surface area contributed by atoms with Gasteiger partial charge in [-0.3, -0.25) is 14.4 Å². The average molecular weight is 1000 g/mol. The van der Waals surface area contributed by atoms with Gasteiger partial charge in [-0.2, -0.15) is 0 Å². The maximum Gasteiger partial charge on any atom is 0.407 e. The lowest BCUT2D eigenvalue weighted by Crippen LogP contribution is -2.43. The third kappa shape index (κ3) is 21.3. The van der Waals surface area contributed by atoms with Gasteiger partial charge in [-0.1, -0.05) is 121 Å². The lowest BCUT2D eigenvalue weighted by Gasteiger charge is -2.25. The van der Waals surface area contributed by atoms with Crippen molar-refractivity contribution in [2.75, 3.05) is 70.9 Å². The van der Waals surface area contributed by atoms with Crippen LogP contribution in [0.25, 0.3) is 0 Å². The number of aliphatic carboxylic acids is 1. The molecule has 0 saturated heterocycles. The topological polar surface area (TPSA) is 270 Å². The van der Waals surface area contributed by atoms with Crippen molar-refractivity contribution < 1.29 is 67.1 Å². The second-order valence-electron chi connectivity index (χ2n) is 15.8. The van der Waals surface area contributed by atoms with Crippen LogP contribution in [0.1, 0.15) is 43.0 Å². The zero-order chi connectivity index (χ0) is 52.0. The number of hydrogen-bond acceptors (Lipinski definition) is 13. The molecule has 5 aromatic carbocycles. The molecule has 0 radical (unpaired) electrons. The predicted octanol–water partition coefficient (Wildman–Crippen LogP) is 5.32. The van der Waals surface area contributed by atoms with E-state index < -0.39 is 61.3 Å². The number of carbonyl (C=O) groups is 8. The van der Waals surface area contributed by atoms with Crippen LogP contribution in [0.15, 0.2) is 140 Å². The number of nitrogens with zero attached hydrogens (tertiary/aromatic N) is 2. The number of ether oxygens (including phenoxy) is 5. The smallest absolute Gasteiger partial charge is 0.407 e. The normalized spacial score (nSPS) is 10.4. The summed E-state index contributed by atoms with van der Waals surface area (Å²) < 4.78 is 26.2. The highest BCUT2D eigenvalue weighted by Gasteiger charge is 2.23. The molecule has 0 aliphatic rings. The molecule has 0 heterocycles. The van der Waals surface area contributed by atoms with Crippen molar-refractivity contribution in [3.63, 3.8) is 0 Å². The number of alkyl carbamates (subject to hydrolysis) is 4. The molecule has 0 fully saturated rings. The third-order valence-electron chi connectivity index (χ3n) is 10.2. The first-order valence-corrected chi connectivity index (χ1v) is 23.0. The number of carboxylic acid groups (broad SMARTS) is 1. The van der Waals surface area contributed by atoms with Crippen LogP contribution in [0.4, 0.5) is 24.9 Å². The number of hydrogen-bond donors (Lipinski definition) is 6. The minimum Gasteiger partial charge on any atom is -0.480 e. The molecule has 0 saturated carbocycles. The van der Waals surface area contributed by atoms with Crippen LogP contribution in [0.3, 0.4) is 0 Å². The summed E-state index contributed by atoms with van der Waals surface area (Å²) in [6, 6.07) is 39.7. The molecule has 7 amide bonds. The monoisotopic (exact) mass is 1000 g/mol. The molecule has 0 spiro atoms. The molecule has 5 rings (SSSR count). The summed E-state index contributed by atoms with van der Waals surface area (Å²) in [5, 5.41) is 22.0. The number of carboxylic acids is 1. The Labute approximate surface area is 421 Å². The standard InChI is InChI=1S/C52H57N7O14/c60-45(36-69-37-46(61)62)57-44-30-42(47(63)58(25-21-53-49(65)70-32-38-13-5-1-6-14-38)26-22-54-50(66)71-33-39-15-7-2-8-16-39)29-43(31-44)48(64)59(27-23-55-51(67)72-34-40-17-9-3-10-18-40)28-24-56-52(68)73-35-41-19-11-4-12-20-41/h1-20,29-31H,21-28,32-37H2,(H,53,65)(H,54,66)(H,55,67)(H,56,68)(H,57,60)(H,61,62). The second kappa shape index (κ2) is 30.6. The summed E-state index contributed by atoms with van der Waals surface area (Å²) in [6.07, 6.45) is -3.06. The fourth-order valence-electron chi connectivity index (χ4n) is 6.64. The van der Waals surface area contributed by atoms with Gasteiger partial charge in [0.05, 0.1) is 0 Å². The Bertz CT molecular complexity index is 2290. The molecular formula is C52H57N7O14. The van der Waals surface area contributed by atoms with Gasteiger partial charge in [-0.05, 0) is 40.5 Å². The molecule has 0 bridgehead atoms.